The van der Waals surface area contributed by atoms with Gasteiger partial charge in [-0.25, -0.2) is 0 Å². The van der Waals surface area contributed by atoms with E-state index < -0.39 is 0 Å². The van der Waals surface area contributed by atoms with Gasteiger partial charge in [-0.3, -0.25) is 4.79 Å². The summed E-state index contributed by atoms with van der Waals surface area (Å²) in [5.41, 5.74) is 3.39. The lowest BCUT2D eigenvalue weighted by Crippen LogP contribution is -2.27. The van der Waals surface area contributed by atoms with Gasteiger partial charge in [0.1, 0.15) is 0 Å². The number of carbonyl (C=O) groups is 1. The minimum absolute atomic E-state index is 0.0576. The Morgan fingerprint density at radius 2 is 1.86 bits per heavy atom. The van der Waals surface area contributed by atoms with Crippen LogP contribution in [0.2, 0.25) is 0 Å². The number of aromatic amines is 1. The standard InChI is InChI=1S/C18H17BrN2O/c19-15-7-5-13(6-8-15)11-18(22)20-10-9-14-12-21-17-4-2-1-3-16(14)17/h1-8,12,21H,9-11H2,(H,20,22). The Bertz CT molecular complexity index is 777. The fourth-order valence-corrected chi connectivity index (χ4v) is 2.79. The molecule has 22 heavy (non-hydrogen) atoms. The summed E-state index contributed by atoms with van der Waals surface area (Å²) in [5.74, 6) is 0.0576. The van der Waals surface area contributed by atoms with Crippen molar-refractivity contribution in [2.24, 2.45) is 0 Å². The van der Waals surface area contributed by atoms with E-state index in [0.29, 0.717) is 13.0 Å². The number of hydrogen-bond acceptors (Lipinski definition) is 1. The van der Waals surface area contributed by atoms with Crippen molar-refractivity contribution in [3.8, 4) is 0 Å². The molecule has 0 spiro atoms. The minimum Gasteiger partial charge on any atom is -0.361 e. The van der Waals surface area contributed by atoms with Gasteiger partial charge in [0.05, 0.1) is 6.42 Å². The van der Waals surface area contributed by atoms with Gasteiger partial charge in [-0.05, 0) is 35.7 Å². The molecule has 3 nitrogen and oxygen atoms in total. The van der Waals surface area contributed by atoms with Crippen molar-refractivity contribution in [2.75, 3.05) is 6.54 Å². The van der Waals surface area contributed by atoms with Crippen LogP contribution in [0.15, 0.2) is 59.2 Å². The summed E-state index contributed by atoms with van der Waals surface area (Å²) in [6, 6.07) is 16.0. The predicted octanol–water partition coefficient (Wildman–Crippen LogP) is 3.83. The highest BCUT2D eigenvalue weighted by Gasteiger charge is 2.05. The van der Waals surface area contributed by atoms with Crippen LogP contribution in [0.25, 0.3) is 10.9 Å². The number of hydrogen-bond donors (Lipinski definition) is 2. The highest BCUT2D eigenvalue weighted by Crippen LogP contribution is 2.17. The molecule has 3 aromatic rings. The molecular weight excluding hydrogens is 340 g/mol. The summed E-state index contributed by atoms with van der Waals surface area (Å²) < 4.78 is 1.02. The molecule has 2 N–H and O–H groups in total. The fraction of sp³-hybridized carbons (Fsp3) is 0.167. The molecule has 0 unspecified atom stereocenters. The molecule has 0 aliphatic rings. The number of aromatic nitrogens is 1. The third kappa shape index (κ3) is 3.57. The van der Waals surface area contributed by atoms with E-state index in [0.717, 1.165) is 22.0 Å². The van der Waals surface area contributed by atoms with E-state index >= 15 is 0 Å². The zero-order valence-corrected chi connectivity index (χ0v) is 13.7. The number of fused-ring (bicyclic) bond motifs is 1. The Hall–Kier alpha value is -2.07. The number of amides is 1. The third-order valence-electron chi connectivity index (χ3n) is 3.67. The van der Waals surface area contributed by atoms with Gasteiger partial charge in [0.2, 0.25) is 5.91 Å². The molecule has 0 bridgehead atoms. The first-order valence-electron chi connectivity index (χ1n) is 7.28. The number of nitrogens with one attached hydrogen (secondary N) is 2. The Balaban J connectivity index is 1.52. The van der Waals surface area contributed by atoms with Gasteiger partial charge in [-0.1, -0.05) is 46.3 Å². The number of para-hydroxylation sites is 1. The van der Waals surface area contributed by atoms with Crippen LogP contribution < -0.4 is 5.32 Å². The molecule has 0 saturated heterocycles. The second-order valence-corrected chi connectivity index (χ2v) is 6.18. The molecule has 0 radical (unpaired) electrons. The Labute approximate surface area is 137 Å². The second kappa shape index (κ2) is 6.79. The number of H-pyrrole nitrogens is 1. The number of halogens is 1. The second-order valence-electron chi connectivity index (χ2n) is 5.26. The molecule has 0 aliphatic carbocycles. The first kappa shape index (κ1) is 14.9. The smallest absolute Gasteiger partial charge is 0.224 e. The highest BCUT2D eigenvalue weighted by molar-refractivity contribution is 9.10. The Morgan fingerprint density at radius 3 is 2.68 bits per heavy atom. The average molecular weight is 357 g/mol. The maximum atomic E-state index is 12.0. The monoisotopic (exact) mass is 356 g/mol. The maximum Gasteiger partial charge on any atom is 0.224 e. The van der Waals surface area contributed by atoms with E-state index in [1.807, 2.05) is 42.6 Å². The van der Waals surface area contributed by atoms with Crippen molar-refractivity contribution in [3.63, 3.8) is 0 Å². The Morgan fingerprint density at radius 1 is 1.09 bits per heavy atom. The maximum absolute atomic E-state index is 12.0. The highest BCUT2D eigenvalue weighted by atomic mass is 79.9. The van der Waals surface area contributed by atoms with E-state index in [1.54, 1.807) is 0 Å². The third-order valence-corrected chi connectivity index (χ3v) is 4.20. The average Bonchev–Trinajstić information content (AvgIpc) is 2.93. The predicted molar refractivity (Wildman–Crippen MR) is 92.9 cm³/mol. The normalized spacial score (nSPS) is 10.8. The van der Waals surface area contributed by atoms with Gasteiger partial charge in [0.15, 0.2) is 0 Å². The lowest BCUT2D eigenvalue weighted by molar-refractivity contribution is -0.120. The van der Waals surface area contributed by atoms with E-state index in [-0.39, 0.29) is 5.91 Å². The van der Waals surface area contributed by atoms with E-state index in [9.17, 15) is 4.79 Å². The molecule has 112 valence electrons. The van der Waals surface area contributed by atoms with Gasteiger partial charge < -0.3 is 10.3 Å². The first-order valence-corrected chi connectivity index (χ1v) is 8.08. The molecule has 4 heteroatoms. The lowest BCUT2D eigenvalue weighted by atomic mass is 10.1. The summed E-state index contributed by atoms with van der Waals surface area (Å²) in [6.45, 7) is 0.650. The van der Waals surface area contributed by atoms with Gasteiger partial charge in [0, 0.05) is 28.1 Å². The zero-order valence-electron chi connectivity index (χ0n) is 12.1. The molecule has 0 aliphatic heterocycles. The van der Waals surface area contributed by atoms with Gasteiger partial charge in [-0.2, -0.15) is 0 Å². The van der Waals surface area contributed by atoms with E-state index in [1.165, 1.54) is 10.9 Å². The van der Waals surface area contributed by atoms with Crippen molar-refractivity contribution in [1.82, 2.24) is 10.3 Å². The van der Waals surface area contributed by atoms with Crippen LogP contribution in [0.1, 0.15) is 11.1 Å². The first-order chi connectivity index (χ1) is 10.7. The van der Waals surface area contributed by atoms with Crippen molar-refractivity contribution in [3.05, 3.63) is 70.3 Å². The summed E-state index contributed by atoms with van der Waals surface area (Å²) in [5, 5.41) is 4.21. The van der Waals surface area contributed by atoms with Crippen molar-refractivity contribution >= 4 is 32.7 Å². The van der Waals surface area contributed by atoms with Gasteiger partial charge in [0.25, 0.3) is 0 Å². The molecule has 1 amide bonds. The molecule has 2 aromatic carbocycles. The molecule has 1 aromatic heterocycles. The number of carbonyl (C=O) groups excluding carboxylic acids is 1. The quantitative estimate of drug-likeness (QED) is 0.716. The van der Waals surface area contributed by atoms with E-state index in [2.05, 4.69) is 38.4 Å². The van der Waals surface area contributed by atoms with Crippen LogP contribution in [0.3, 0.4) is 0 Å². The Kier molecular flexibility index (Phi) is 4.59. The molecule has 3 rings (SSSR count). The number of benzene rings is 2. The summed E-state index contributed by atoms with van der Waals surface area (Å²) in [7, 11) is 0. The molecule has 0 fully saturated rings. The molecule has 1 heterocycles. The summed E-state index contributed by atoms with van der Waals surface area (Å²) in [6.07, 6.45) is 3.27. The van der Waals surface area contributed by atoms with Crippen molar-refractivity contribution in [2.45, 2.75) is 12.8 Å². The molecule has 0 atom stereocenters. The zero-order chi connectivity index (χ0) is 15.4. The number of rotatable bonds is 5. The van der Waals surface area contributed by atoms with Crippen molar-refractivity contribution in [1.29, 1.82) is 0 Å². The lowest BCUT2D eigenvalue weighted by Gasteiger charge is -2.05. The molecule has 0 saturated carbocycles. The van der Waals surface area contributed by atoms with Crippen molar-refractivity contribution < 1.29 is 4.79 Å². The van der Waals surface area contributed by atoms with E-state index in [4.69, 9.17) is 0 Å². The van der Waals surface area contributed by atoms with Crippen LogP contribution in [-0.2, 0) is 17.6 Å². The minimum atomic E-state index is 0.0576. The topological polar surface area (TPSA) is 44.9 Å². The van der Waals surface area contributed by atoms with Crippen LogP contribution >= 0.6 is 15.9 Å². The van der Waals surface area contributed by atoms with Crippen LogP contribution in [0, 0.1) is 0 Å². The van der Waals surface area contributed by atoms with Crippen LogP contribution in [0.4, 0.5) is 0 Å². The van der Waals surface area contributed by atoms with Gasteiger partial charge in [-0.15, -0.1) is 0 Å². The fourth-order valence-electron chi connectivity index (χ4n) is 2.53. The summed E-state index contributed by atoms with van der Waals surface area (Å²) in [4.78, 5) is 15.2. The van der Waals surface area contributed by atoms with Crippen LogP contribution in [-0.4, -0.2) is 17.4 Å². The van der Waals surface area contributed by atoms with Gasteiger partial charge >= 0.3 is 0 Å². The molecular formula is C18H17BrN2O. The summed E-state index contributed by atoms with van der Waals surface area (Å²) >= 11 is 3.39. The van der Waals surface area contributed by atoms with Crippen LogP contribution in [0.5, 0.6) is 0 Å². The SMILES string of the molecule is O=C(Cc1ccc(Br)cc1)NCCc1c[nH]c2ccccc12. The largest absolute Gasteiger partial charge is 0.361 e.